The van der Waals surface area contributed by atoms with Crippen molar-refractivity contribution >= 4 is 33.3 Å². The number of sulfonamides is 1. The Kier molecular flexibility index (Phi) is 8.66. The molecule has 0 aliphatic carbocycles. The van der Waals surface area contributed by atoms with Gasteiger partial charge in [0.25, 0.3) is 0 Å². The molecule has 34 heavy (non-hydrogen) atoms. The summed E-state index contributed by atoms with van der Waals surface area (Å²) in [6.07, 6.45) is 1.89. The van der Waals surface area contributed by atoms with Crippen LogP contribution >= 0.6 is 11.6 Å². The zero-order valence-corrected chi connectivity index (χ0v) is 20.2. The number of carboxylic acids is 1. The molecule has 0 saturated heterocycles. The van der Waals surface area contributed by atoms with Crippen LogP contribution in [0.25, 0.3) is 0 Å². The quantitative estimate of drug-likeness (QED) is 0.313. The Morgan fingerprint density at radius 3 is 2.47 bits per heavy atom. The van der Waals surface area contributed by atoms with Crippen LogP contribution in [-0.2, 0) is 16.6 Å². The lowest BCUT2D eigenvalue weighted by Gasteiger charge is -2.19. The minimum absolute atomic E-state index is 0.114. The van der Waals surface area contributed by atoms with E-state index in [0.29, 0.717) is 17.8 Å². The molecule has 6 nitrogen and oxygen atoms in total. The highest BCUT2D eigenvalue weighted by Crippen LogP contribution is 2.25. The van der Waals surface area contributed by atoms with Crippen LogP contribution in [0.4, 0.5) is 10.1 Å². The minimum atomic E-state index is -4.02. The van der Waals surface area contributed by atoms with E-state index in [1.807, 2.05) is 30.3 Å². The Hall–Kier alpha value is -2.94. The Labute approximate surface area is 203 Å². The highest BCUT2D eigenvalue weighted by Gasteiger charge is 2.20. The van der Waals surface area contributed by atoms with Crippen LogP contribution in [0.15, 0.2) is 71.6 Å². The SMILES string of the molecule is CCCC(CNc1ccc(S(=O)(=O)NCc2ccc(F)c(Cl)c2)cc1C(=O)O)c1ccccc1. The second-order valence-corrected chi connectivity index (χ2v) is 10.0. The second kappa shape index (κ2) is 11.5. The molecular weight excluding hydrogens is 479 g/mol. The molecular formula is C25H26ClFN2O4S. The van der Waals surface area contributed by atoms with Gasteiger partial charge in [-0.25, -0.2) is 22.3 Å². The highest BCUT2D eigenvalue weighted by atomic mass is 35.5. The normalized spacial score (nSPS) is 12.3. The van der Waals surface area contributed by atoms with Crippen LogP contribution in [0, 0.1) is 5.82 Å². The van der Waals surface area contributed by atoms with Crippen molar-refractivity contribution in [3.63, 3.8) is 0 Å². The molecule has 180 valence electrons. The van der Waals surface area contributed by atoms with Gasteiger partial charge in [-0.15, -0.1) is 0 Å². The lowest BCUT2D eigenvalue weighted by molar-refractivity contribution is 0.0697. The first-order chi connectivity index (χ1) is 16.2. The van der Waals surface area contributed by atoms with Crippen LogP contribution in [0.2, 0.25) is 5.02 Å². The first-order valence-electron chi connectivity index (χ1n) is 10.8. The lowest BCUT2D eigenvalue weighted by atomic mass is 9.94. The number of benzene rings is 3. The van der Waals surface area contributed by atoms with Gasteiger partial charge in [0.15, 0.2) is 0 Å². The van der Waals surface area contributed by atoms with E-state index in [0.717, 1.165) is 30.5 Å². The molecule has 3 rings (SSSR count). The number of halogens is 2. The summed E-state index contributed by atoms with van der Waals surface area (Å²) >= 11 is 5.74. The lowest BCUT2D eigenvalue weighted by Crippen LogP contribution is -2.24. The molecule has 1 atom stereocenters. The van der Waals surface area contributed by atoms with Gasteiger partial charge in [0.05, 0.1) is 15.5 Å². The van der Waals surface area contributed by atoms with Crippen LogP contribution < -0.4 is 10.0 Å². The van der Waals surface area contributed by atoms with Gasteiger partial charge in [-0.2, -0.15) is 0 Å². The van der Waals surface area contributed by atoms with Gasteiger partial charge in [-0.3, -0.25) is 0 Å². The van der Waals surface area contributed by atoms with Gasteiger partial charge in [-0.05, 0) is 47.9 Å². The van der Waals surface area contributed by atoms with E-state index < -0.39 is 21.8 Å². The maximum absolute atomic E-state index is 13.3. The summed E-state index contributed by atoms with van der Waals surface area (Å²) in [5, 5.41) is 12.8. The van der Waals surface area contributed by atoms with Crippen molar-refractivity contribution in [2.24, 2.45) is 0 Å². The number of anilines is 1. The molecule has 0 amide bonds. The highest BCUT2D eigenvalue weighted by molar-refractivity contribution is 7.89. The third-order valence-corrected chi connectivity index (χ3v) is 7.12. The summed E-state index contributed by atoms with van der Waals surface area (Å²) in [5.41, 5.74) is 1.82. The summed E-state index contributed by atoms with van der Waals surface area (Å²) in [6.45, 7) is 2.47. The zero-order valence-electron chi connectivity index (χ0n) is 18.6. The summed E-state index contributed by atoms with van der Waals surface area (Å²) in [5.74, 6) is -1.66. The van der Waals surface area contributed by atoms with Crippen molar-refractivity contribution in [1.29, 1.82) is 0 Å². The molecule has 0 aliphatic heterocycles. The van der Waals surface area contributed by atoms with Crippen LogP contribution in [0.5, 0.6) is 0 Å². The van der Waals surface area contributed by atoms with Crippen LogP contribution in [0.3, 0.4) is 0 Å². The molecule has 3 aromatic carbocycles. The van der Waals surface area contributed by atoms with Gasteiger partial charge in [0, 0.05) is 24.7 Å². The van der Waals surface area contributed by atoms with Crippen molar-refractivity contribution in [3.8, 4) is 0 Å². The zero-order chi connectivity index (χ0) is 24.7. The van der Waals surface area contributed by atoms with E-state index in [-0.39, 0.29) is 27.9 Å². The number of nitrogens with one attached hydrogen (secondary N) is 2. The van der Waals surface area contributed by atoms with E-state index >= 15 is 0 Å². The molecule has 3 N–H and O–H groups in total. The summed E-state index contributed by atoms with van der Waals surface area (Å²) in [7, 11) is -4.02. The molecule has 0 heterocycles. The number of hydrogen-bond donors (Lipinski definition) is 3. The fraction of sp³-hybridized carbons (Fsp3) is 0.240. The van der Waals surface area contributed by atoms with Crippen molar-refractivity contribution in [1.82, 2.24) is 4.72 Å². The van der Waals surface area contributed by atoms with Crippen molar-refractivity contribution < 1.29 is 22.7 Å². The van der Waals surface area contributed by atoms with Gasteiger partial charge in [-0.1, -0.05) is 61.3 Å². The Balaban J connectivity index is 1.77. The molecule has 0 fully saturated rings. The molecule has 0 radical (unpaired) electrons. The first-order valence-corrected chi connectivity index (χ1v) is 12.7. The average molecular weight is 505 g/mol. The maximum atomic E-state index is 13.3. The van der Waals surface area contributed by atoms with E-state index in [9.17, 15) is 22.7 Å². The third-order valence-electron chi connectivity index (χ3n) is 5.43. The monoisotopic (exact) mass is 504 g/mol. The molecule has 0 bridgehead atoms. The number of carbonyl (C=O) groups is 1. The molecule has 1 unspecified atom stereocenters. The molecule has 9 heteroatoms. The first kappa shape index (κ1) is 25.7. The fourth-order valence-electron chi connectivity index (χ4n) is 3.63. The third kappa shape index (κ3) is 6.56. The predicted molar refractivity (Wildman–Crippen MR) is 131 cm³/mol. The van der Waals surface area contributed by atoms with Crippen LogP contribution in [0.1, 0.15) is 47.2 Å². The van der Waals surface area contributed by atoms with Gasteiger partial charge in [0.1, 0.15) is 5.82 Å². The number of carboxylic acid groups (broad SMARTS) is 1. The molecule has 0 spiro atoms. The molecule has 0 saturated carbocycles. The summed E-state index contributed by atoms with van der Waals surface area (Å²) in [6, 6.07) is 17.8. The summed E-state index contributed by atoms with van der Waals surface area (Å²) in [4.78, 5) is 11.7. The fourth-order valence-corrected chi connectivity index (χ4v) is 4.87. The maximum Gasteiger partial charge on any atom is 0.337 e. The number of aromatic carboxylic acids is 1. The van der Waals surface area contributed by atoms with Crippen molar-refractivity contribution in [2.75, 3.05) is 11.9 Å². The molecule has 3 aromatic rings. The van der Waals surface area contributed by atoms with E-state index in [1.165, 1.54) is 24.3 Å². The second-order valence-electron chi connectivity index (χ2n) is 7.86. The average Bonchev–Trinajstić information content (AvgIpc) is 2.83. The van der Waals surface area contributed by atoms with E-state index in [1.54, 1.807) is 0 Å². The Morgan fingerprint density at radius 2 is 1.82 bits per heavy atom. The summed E-state index contributed by atoms with van der Waals surface area (Å²) < 4.78 is 41.2. The topological polar surface area (TPSA) is 95.5 Å². The minimum Gasteiger partial charge on any atom is -0.478 e. The van der Waals surface area contributed by atoms with Gasteiger partial charge < -0.3 is 10.4 Å². The van der Waals surface area contributed by atoms with E-state index in [4.69, 9.17) is 11.6 Å². The predicted octanol–water partition coefficient (Wildman–Crippen LogP) is 5.65. The number of hydrogen-bond acceptors (Lipinski definition) is 4. The molecule has 0 aromatic heterocycles. The largest absolute Gasteiger partial charge is 0.478 e. The van der Waals surface area contributed by atoms with Gasteiger partial charge >= 0.3 is 5.97 Å². The van der Waals surface area contributed by atoms with Crippen molar-refractivity contribution in [2.45, 2.75) is 37.1 Å². The molecule has 0 aliphatic rings. The Morgan fingerprint density at radius 1 is 1.09 bits per heavy atom. The van der Waals surface area contributed by atoms with Crippen LogP contribution in [-0.4, -0.2) is 26.0 Å². The smallest absolute Gasteiger partial charge is 0.337 e. The standard InChI is InChI=1S/C25H26ClFN2O4S/c1-2-6-19(18-7-4-3-5-8-18)16-28-24-12-10-20(14-21(24)25(30)31)34(32,33)29-15-17-9-11-23(27)22(26)13-17/h3-5,7-14,19,28-29H,2,6,15-16H2,1H3,(H,30,31). The Bertz CT molecular complexity index is 1250. The van der Waals surface area contributed by atoms with E-state index in [2.05, 4.69) is 17.0 Å². The van der Waals surface area contributed by atoms with Crippen molar-refractivity contribution in [3.05, 3.63) is 94.3 Å². The number of rotatable bonds is 11. The van der Waals surface area contributed by atoms with Gasteiger partial charge in [0.2, 0.25) is 10.0 Å².